The van der Waals surface area contributed by atoms with E-state index in [9.17, 15) is 4.79 Å². The van der Waals surface area contributed by atoms with Crippen molar-refractivity contribution in [3.8, 4) is 0 Å². The van der Waals surface area contributed by atoms with Gasteiger partial charge in [-0.1, -0.05) is 55.1 Å². The van der Waals surface area contributed by atoms with Crippen molar-refractivity contribution in [3.05, 3.63) is 34.9 Å². The highest BCUT2D eigenvalue weighted by atomic mass is 16.5. The fourth-order valence-corrected chi connectivity index (χ4v) is 5.31. The summed E-state index contributed by atoms with van der Waals surface area (Å²) in [6, 6.07) is 0. The summed E-state index contributed by atoms with van der Waals surface area (Å²) in [6.07, 6.45) is 19.3. The predicted molar refractivity (Wildman–Crippen MR) is 128 cm³/mol. The van der Waals surface area contributed by atoms with Crippen molar-refractivity contribution < 1.29 is 9.53 Å². The van der Waals surface area contributed by atoms with Crippen molar-refractivity contribution in [1.29, 1.82) is 0 Å². The standard InChI is InChI=1S/C27H45NO2/c1-6-24-18-25-14-9-16-27(19-24,20-25)28-26(29)30-17-15-23(5)13-8-12-22(4)11-7-10-21(2)3/h10,12,15,24-25H,6-9,11,13-14,16-20H2,1-5H3,(H,28,29)/b22-12+,23-15+. The lowest BCUT2D eigenvalue weighted by molar-refractivity contribution is 0.0667. The van der Waals surface area contributed by atoms with Crippen molar-refractivity contribution in [2.45, 2.75) is 111 Å². The molecule has 170 valence electrons. The highest BCUT2D eigenvalue weighted by molar-refractivity contribution is 5.68. The molecule has 1 N–H and O–H groups in total. The van der Waals surface area contributed by atoms with Gasteiger partial charge in [0.05, 0.1) is 0 Å². The second-order valence-corrected chi connectivity index (χ2v) is 10.1. The molecule has 3 atom stereocenters. The Hall–Kier alpha value is -1.51. The molecule has 2 aliphatic rings. The molecule has 1 amide bonds. The van der Waals surface area contributed by atoms with Crippen LogP contribution in [0, 0.1) is 11.8 Å². The van der Waals surface area contributed by atoms with E-state index in [0.717, 1.165) is 56.8 Å². The fraction of sp³-hybridized carbons (Fsp3) is 0.741. The molecule has 2 aliphatic carbocycles. The molecule has 3 nitrogen and oxygen atoms in total. The molecule has 0 aromatic carbocycles. The zero-order valence-electron chi connectivity index (χ0n) is 20.2. The number of carbonyl (C=O) groups is 1. The van der Waals surface area contributed by atoms with Crippen LogP contribution in [0.4, 0.5) is 4.79 Å². The number of hydrogen-bond donors (Lipinski definition) is 1. The Bertz CT molecular complexity index is 641. The van der Waals surface area contributed by atoms with Crippen LogP contribution in [-0.2, 0) is 4.74 Å². The molecule has 0 aliphatic heterocycles. The summed E-state index contributed by atoms with van der Waals surface area (Å²) in [4.78, 5) is 12.5. The van der Waals surface area contributed by atoms with Gasteiger partial charge in [0.2, 0.25) is 0 Å². The van der Waals surface area contributed by atoms with E-state index in [1.54, 1.807) is 0 Å². The second-order valence-electron chi connectivity index (χ2n) is 10.1. The topological polar surface area (TPSA) is 38.3 Å². The first-order valence-electron chi connectivity index (χ1n) is 12.2. The molecule has 2 saturated carbocycles. The van der Waals surface area contributed by atoms with Crippen LogP contribution in [0.25, 0.3) is 0 Å². The number of amides is 1. The second kappa shape index (κ2) is 12.4. The molecule has 30 heavy (non-hydrogen) atoms. The number of hydrogen-bond acceptors (Lipinski definition) is 2. The van der Waals surface area contributed by atoms with Gasteiger partial charge in [-0.25, -0.2) is 4.79 Å². The molecule has 2 rings (SSSR count). The number of alkyl carbamates (subject to hydrolysis) is 1. The SMILES string of the molecule is CCC1CC2CCCC(NC(=O)OC/C=C(\C)CC/C=C(\C)CCC=C(C)C)(C1)C2. The van der Waals surface area contributed by atoms with Crippen LogP contribution in [0.5, 0.6) is 0 Å². The third kappa shape index (κ3) is 8.70. The molecule has 3 unspecified atom stereocenters. The summed E-state index contributed by atoms with van der Waals surface area (Å²) in [7, 11) is 0. The number of allylic oxidation sites excluding steroid dienone is 5. The first kappa shape index (κ1) is 24.8. The van der Waals surface area contributed by atoms with Gasteiger partial charge in [-0.05, 0) is 97.0 Å². The number of carbonyl (C=O) groups excluding carboxylic acids is 1. The molecule has 2 fully saturated rings. The monoisotopic (exact) mass is 415 g/mol. The average Bonchev–Trinajstić information content (AvgIpc) is 2.67. The number of rotatable bonds is 10. The molecule has 2 bridgehead atoms. The van der Waals surface area contributed by atoms with E-state index < -0.39 is 0 Å². The summed E-state index contributed by atoms with van der Waals surface area (Å²) in [5.41, 5.74) is 4.13. The Morgan fingerprint density at radius 3 is 2.43 bits per heavy atom. The maximum absolute atomic E-state index is 12.5. The van der Waals surface area contributed by atoms with Crippen LogP contribution in [0.3, 0.4) is 0 Å². The van der Waals surface area contributed by atoms with Gasteiger partial charge in [-0.2, -0.15) is 0 Å². The lowest BCUT2D eigenvalue weighted by Crippen LogP contribution is -2.55. The summed E-state index contributed by atoms with van der Waals surface area (Å²) in [5, 5.41) is 3.28. The maximum atomic E-state index is 12.5. The van der Waals surface area contributed by atoms with Crippen LogP contribution in [0.1, 0.15) is 105 Å². The molecule has 3 heteroatoms. The first-order valence-corrected chi connectivity index (χ1v) is 12.2. The summed E-state index contributed by atoms with van der Waals surface area (Å²) in [5.74, 6) is 1.54. The van der Waals surface area contributed by atoms with Gasteiger partial charge in [-0.15, -0.1) is 0 Å². The van der Waals surface area contributed by atoms with Crippen LogP contribution < -0.4 is 5.32 Å². The lowest BCUT2D eigenvalue weighted by atomic mass is 9.63. The largest absolute Gasteiger partial charge is 0.445 e. The highest BCUT2D eigenvalue weighted by Gasteiger charge is 2.43. The molecule has 0 radical (unpaired) electrons. The van der Waals surface area contributed by atoms with E-state index in [4.69, 9.17) is 4.74 Å². The molecular formula is C27H45NO2. The van der Waals surface area contributed by atoms with Crippen molar-refractivity contribution >= 4 is 6.09 Å². The Labute approximate surface area is 185 Å². The van der Waals surface area contributed by atoms with Crippen molar-refractivity contribution in [1.82, 2.24) is 5.32 Å². The van der Waals surface area contributed by atoms with Crippen molar-refractivity contribution in [2.75, 3.05) is 6.61 Å². The predicted octanol–water partition coefficient (Wildman–Crippen LogP) is 7.88. The summed E-state index contributed by atoms with van der Waals surface area (Å²) in [6.45, 7) is 11.3. The molecule has 0 aromatic heterocycles. The van der Waals surface area contributed by atoms with Gasteiger partial charge >= 0.3 is 6.09 Å². The molecule has 0 heterocycles. The van der Waals surface area contributed by atoms with Crippen LogP contribution in [-0.4, -0.2) is 18.2 Å². The molecule has 0 aromatic rings. The lowest BCUT2D eigenvalue weighted by Gasteiger charge is -2.48. The normalized spacial score (nSPS) is 26.8. The summed E-state index contributed by atoms with van der Waals surface area (Å²) >= 11 is 0. The van der Waals surface area contributed by atoms with Crippen molar-refractivity contribution in [2.24, 2.45) is 11.8 Å². The van der Waals surface area contributed by atoms with Crippen LogP contribution in [0.2, 0.25) is 0 Å². The maximum Gasteiger partial charge on any atom is 0.407 e. The third-order valence-corrected chi connectivity index (χ3v) is 7.01. The minimum Gasteiger partial charge on any atom is -0.445 e. The summed E-state index contributed by atoms with van der Waals surface area (Å²) < 4.78 is 5.53. The van der Waals surface area contributed by atoms with E-state index in [0.29, 0.717) is 6.61 Å². The van der Waals surface area contributed by atoms with E-state index in [-0.39, 0.29) is 11.6 Å². The highest BCUT2D eigenvalue weighted by Crippen LogP contribution is 2.46. The van der Waals surface area contributed by atoms with E-state index >= 15 is 0 Å². The van der Waals surface area contributed by atoms with Crippen molar-refractivity contribution in [3.63, 3.8) is 0 Å². The van der Waals surface area contributed by atoms with Gasteiger partial charge in [-0.3, -0.25) is 0 Å². The van der Waals surface area contributed by atoms with E-state index in [1.165, 1.54) is 42.4 Å². The van der Waals surface area contributed by atoms with Gasteiger partial charge in [0.1, 0.15) is 6.61 Å². The molecule has 0 saturated heterocycles. The minimum atomic E-state index is -0.230. The number of fused-ring (bicyclic) bond motifs is 2. The number of ether oxygens (including phenoxy) is 1. The van der Waals surface area contributed by atoms with Crippen LogP contribution >= 0.6 is 0 Å². The Kier molecular flexibility index (Phi) is 10.2. The number of nitrogens with one attached hydrogen (secondary N) is 1. The zero-order valence-corrected chi connectivity index (χ0v) is 20.2. The van der Waals surface area contributed by atoms with E-state index in [2.05, 4.69) is 58.2 Å². The first-order chi connectivity index (χ1) is 14.3. The minimum absolute atomic E-state index is 0.00842. The molecular weight excluding hydrogens is 370 g/mol. The Balaban J connectivity index is 1.70. The van der Waals surface area contributed by atoms with Gasteiger partial charge < -0.3 is 10.1 Å². The Morgan fingerprint density at radius 2 is 1.73 bits per heavy atom. The van der Waals surface area contributed by atoms with Gasteiger partial charge in [0.15, 0.2) is 0 Å². The average molecular weight is 416 g/mol. The van der Waals surface area contributed by atoms with Crippen LogP contribution in [0.15, 0.2) is 34.9 Å². The smallest absolute Gasteiger partial charge is 0.407 e. The van der Waals surface area contributed by atoms with Gasteiger partial charge in [0, 0.05) is 5.54 Å². The van der Waals surface area contributed by atoms with Gasteiger partial charge in [0.25, 0.3) is 0 Å². The fourth-order valence-electron chi connectivity index (χ4n) is 5.31. The molecule has 0 spiro atoms. The third-order valence-electron chi connectivity index (χ3n) is 7.01. The van der Waals surface area contributed by atoms with E-state index in [1.807, 2.05) is 0 Å². The zero-order chi connectivity index (χ0) is 22.0. The Morgan fingerprint density at radius 1 is 1.03 bits per heavy atom. The quantitative estimate of drug-likeness (QED) is 0.368.